The summed E-state index contributed by atoms with van der Waals surface area (Å²) in [7, 11) is 0. The van der Waals surface area contributed by atoms with E-state index >= 15 is 0 Å². The minimum absolute atomic E-state index is 0.317. The van der Waals surface area contributed by atoms with Crippen molar-refractivity contribution in [1.82, 2.24) is 9.55 Å². The van der Waals surface area contributed by atoms with E-state index in [1.807, 2.05) is 6.20 Å². The molecule has 2 aliphatic rings. The topological polar surface area (TPSA) is 47.1 Å². The van der Waals surface area contributed by atoms with Crippen LogP contribution in [-0.4, -0.2) is 28.7 Å². The number of aromatic nitrogens is 2. The number of hydrogen-bond donors (Lipinski definition) is 1. The summed E-state index contributed by atoms with van der Waals surface area (Å²) in [5, 5.41) is 0. The fraction of sp³-hybridized carbons (Fsp3) is 0.769. The van der Waals surface area contributed by atoms with Crippen LogP contribution < -0.4 is 10.6 Å². The van der Waals surface area contributed by atoms with E-state index in [4.69, 9.17) is 5.73 Å². The number of anilines is 1. The Bertz CT molecular complexity index is 367. The third-order valence-electron chi connectivity index (χ3n) is 4.11. The van der Waals surface area contributed by atoms with E-state index < -0.39 is 0 Å². The van der Waals surface area contributed by atoms with Gasteiger partial charge in [-0.1, -0.05) is 12.8 Å². The fourth-order valence-electron chi connectivity index (χ4n) is 3.21. The van der Waals surface area contributed by atoms with Crippen LogP contribution >= 0.6 is 0 Å². The molecule has 2 N–H and O–H groups in total. The summed E-state index contributed by atoms with van der Waals surface area (Å²) in [6, 6.07) is 0.989. The highest BCUT2D eigenvalue weighted by atomic mass is 15.3. The number of piperidine rings is 1. The van der Waals surface area contributed by atoms with Gasteiger partial charge in [-0.25, -0.2) is 4.98 Å². The maximum Gasteiger partial charge on any atom is 0.205 e. The van der Waals surface area contributed by atoms with Crippen molar-refractivity contribution >= 4 is 5.95 Å². The van der Waals surface area contributed by atoms with E-state index in [2.05, 4.69) is 20.6 Å². The van der Waals surface area contributed by atoms with E-state index in [1.54, 1.807) is 0 Å². The van der Waals surface area contributed by atoms with Gasteiger partial charge in [0.25, 0.3) is 0 Å². The van der Waals surface area contributed by atoms with Gasteiger partial charge in [-0.2, -0.15) is 0 Å². The molecule has 2 heterocycles. The van der Waals surface area contributed by atoms with Gasteiger partial charge in [-0.05, 0) is 25.7 Å². The highest BCUT2D eigenvalue weighted by molar-refractivity contribution is 5.33. The Morgan fingerprint density at radius 3 is 2.76 bits per heavy atom. The predicted octanol–water partition coefficient (Wildman–Crippen LogP) is 1.93. The summed E-state index contributed by atoms with van der Waals surface area (Å²) in [4.78, 5) is 6.92. The van der Waals surface area contributed by atoms with Gasteiger partial charge in [-0.3, -0.25) is 0 Å². The van der Waals surface area contributed by atoms with Crippen molar-refractivity contribution < 1.29 is 0 Å². The van der Waals surface area contributed by atoms with Crippen LogP contribution in [0.3, 0.4) is 0 Å². The largest absolute Gasteiger partial charge is 0.341 e. The van der Waals surface area contributed by atoms with Crippen LogP contribution in [0.25, 0.3) is 0 Å². The Hall–Kier alpha value is -1.03. The quantitative estimate of drug-likeness (QED) is 0.850. The van der Waals surface area contributed by atoms with Crippen molar-refractivity contribution in [3.8, 4) is 0 Å². The van der Waals surface area contributed by atoms with E-state index in [1.165, 1.54) is 32.1 Å². The third-order valence-corrected chi connectivity index (χ3v) is 4.11. The van der Waals surface area contributed by atoms with Gasteiger partial charge in [-0.15, -0.1) is 0 Å². The number of nitrogens with two attached hydrogens (primary N) is 1. The smallest absolute Gasteiger partial charge is 0.205 e. The first-order valence-electron chi connectivity index (χ1n) is 6.88. The minimum Gasteiger partial charge on any atom is -0.341 e. The van der Waals surface area contributed by atoms with Crippen LogP contribution in [0.15, 0.2) is 12.4 Å². The molecule has 1 atom stereocenters. The van der Waals surface area contributed by atoms with Gasteiger partial charge in [0.05, 0.1) is 0 Å². The standard InChI is InChI=1S/C13H22N4/c14-11-4-3-8-16(10-11)13-15-7-9-17(13)12-5-1-2-6-12/h7,9,11-12H,1-6,8,10,14H2/t11-/m1/s1. The lowest BCUT2D eigenvalue weighted by atomic mass is 10.1. The highest BCUT2D eigenvalue weighted by Gasteiger charge is 2.24. The van der Waals surface area contributed by atoms with E-state index in [-0.39, 0.29) is 0 Å². The molecular formula is C13H22N4. The van der Waals surface area contributed by atoms with Crippen LogP contribution in [0, 0.1) is 0 Å². The Morgan fingerprint density at radius 1 is 1.18 bits per heavy atom. The van der Waals surface area contributed by atoms with Crippen LogP contribution in [0.2, 0.25) is 0 Å². The second-order valence-corrected chi connectivity index (χ2v) is 5.42. The lowest BCUT2D eigenvalue weighted by Gasteiger charge is -2.32. The average Bonchev–Trinajstić information content (AvgIpc) is 3.00. The molecule has 4 heteroatoms. The number of imidazole rings is 1. The van der Waals surface area contributed by atoms with E-state index in [0.29, 0.717) is 12.1 Å². The SMILES string of the molecule is N[C@@H]1CCCN(c2nccn2C2CCCC2)C1. The second kappa shape index (κ2) is 4.69. The summed E-state index contributed by atoms with van der Waals surface area (Å²) >= 11 is 0. The van der Waals surface area contributed by atoms with Crippen LogP contribution in [0.1, 0.15) is 44.6 Å². The Kier molecular flexibility index (Phi) is 3.05. The van der Waals surface area contributed by atoms with Crippen LogP contribution in [0.5, 0.6) is 0 Å². The molecule has 0 amide bonds. The molecule has 1 aromatic rings. The first-order valence-corrected chi connectivity index (χ1v) is 6.88. The molecule has 17 heavy (non-hydrogen) atoms. The lowest BCUT2D eigenvalue weighted by molar-refractivity contribution is 0.469. The molecule has 1 aromatic heterocycles. The van der Waals surface area contributed by atoms with Gasteiger partial charge in [0, 0.05) is 37.6 Å². The molecule has 1 aliphatic heterocycles. The molecule has 4 nitrogen and oxygen atoms in total. The molecule has 0 radical (unpaired) electrons. The molecule has 0 bridgehead atoms. The molecule has 1 aliphatic carbocycles. The third kappa shape index (κ3) is 2.18. The molecule has 1 saturated carbocycles. The van der Waals surface area contributed by atoms with Gasteiger partial charge in [0.15, 0.2) is 0 Å². The van der Waals surface area contributed by atoms with Gasteiger partial charge in [0.2, 0.25) is 5.95 Å². The Balaban J connectivity index is 1.79. The van der Waals surface area contributed by atoms with E-state index in [9.17, 15) is 0 Å². The number of nitrogens with zero attached hydrogens (tertiary/aromatic N) is 3. The zero-order valence-corrected chi connectivity index (χ0v) is 10.4. The molecule has 0 unspecified atom stereocenters. The summed E-state index contributed by atoms with van der Waals surface area (Å²) in [5.74, 6) is 1.15. The molecule has 94 valence electrons. The molecule has 3 rings (SSSR count). The molecular weight excluding hydrogens is 212 g/mol. The van der Waals surface area contributed by atoms with Gasteiger partial charge in [0.1, 0.15) is 0 Å². The lowest BCUT2D eigenvalue weighted by Crippen LogP contribution is -2.44. The normalized spacial score (nSPS) is 26.6. The first kappa shape index (κ1) is 11.1. The fourth-order valence-corrected chi connectivity index (χ4v) is 3.21. The molecule has 0 aromatic carbocycles. The maximum absolute atomic E-state index is 6.06. The average molecular weight is 234 g/mol. The van der Waals surface area contributed by atoms with Crippen LogP contribution in [0.4, 0.5) is 5.95 Å². The van der Waals surface area contributed by atoms with Crippen molar-refractivity contribution in [2.24, 2.45) is 5.73 Å². The Morgan fingerprint density at radius 2 is 2.00 bits per heavy atom. The molecule has 1 saturated heterocycles. The first-order chi connectivity index (χ1) is 8.34. The number of rotatable bonds is 2. The second-order valence-electron chi connectivity index (χ2n) is 5.42. The van der Waals surface area contributed by atoms with Crippen molar-refractivity contribution in [2.75, 3.05) is 18.0 Å². The summed E-state index contributed by atoms with van der Waals surface area (Å²) in [6.45, 7) is 2.07. The zero-order valence-electron chi connectivity index (χ0n) is 10.4. The Labute approximate surface area is 103 Å². The summed E-state index contributed by atoms with van der Waals surface area (Å²) in [6.07, 6.45) is 11.8. The summed E-state index contributed by atoms with van der Waals surface area (Å²) < 4.78 is 2.38. The maximum atomic E-state index is 6.06. The van der Waals surface area contributed by atoms with E-state index in [0.717, 1.165) is 25.5 Å². The van der Waals surface area contributed by atoms with Crippen molar-refractivity contribution in [3.05, 3.63) is 12.4 Å². The van der Waals surface area contributed by atoms with Crippen molar-refractivity contribution in [3.63, 3.8) is 0 Å². The molecule has 0 spiro atoms. The minimum atomic E-state index is 0.317. The van der Waals surface area contributed by atoms with Crippen LogP contribution in [-0.2, 0) is 0 Å². The van der Waals surface area contributed by atoms with Crippen molar-refractivity contribution in [1.29, 1.82) is 0 Å². The highest BCUT2D eigenvalue weighted by Crippen LogP contribution is 2.32. The monoisotopic (exact) mass is 234 g/mol. The molecule has 2 fully saturated rings. The van der Waals surface area contributed by atoms with Gasteiger partial charge < -0.3 is 15.2 Å². The van der Waals surface area contributed by atoms with Gasteiger partial charge >= 0.3 is 0 Å². The zero-order chi connectivity index (χ0) is 11.7. The predicted molar refractivity (Wildman–Crippen MR) is 69.2 cm³/mol. The van der Waals surface area contributed by atoms with Crippen molar-refractivity contribution in [2.45, 2.75) is 50.6 Å². The number of hydrogen-bond acceptors (Lipinski definition) is 3. The summed E-state index contributed by atoms with van der Waals surface area (Å²) in [5.41, 5.74) is 6.06.